The van der Waals surface area contributed by atoms with Crippen LogP contribution in [0.5, 0.6) is 0 Å². The number of anilines is 1. The van der Waals surface area contributed by atoms with Gasteiger partial charge in [-0.1, -0.05) is 6.07 Å². The topological polar surface area (TPSA) is 81.2 Å². The van der Waals surface area contributed by atoms with Crippen LogP contribution in [0.25, 0.3) is 0 Å². The number of nitrogens with zero attached hydrogens (tertiary/aromatic N) is 3. The maximum absolute atomic E-state index is 12.3. The Bertz CT molecular complexity index is 690. The number of nitrogens with two attached hydrogens (primary N) is 1. The molecule has 0 saturated heterocycles. The van der Waals surface area contributed by atoms with Crippen molar-refractivity contribution in [2.45, 2.75) is 6.54 Å². The minimum Gasteiger partial charge on any atom is -0.398 e. The predicted molar refractivity (Wildman–Crippen MR) is 68.3 cm³/mol. The molecule has 0 atom stereocenters. The fourth-order valence-electron chi connectivity index (χ4n) is 2.22. The van der Waals surface area contributed by atoms with Crippen molar-refractivity contribution in [3.05, 3.63) is 47.3 Å². The van der Waals surface area contributed by atoms with Crippen LogP contribution in [0.4, 0.5) is 5.69 Å². The van der Waals surface area contributed by atoms with E-state index >= 15 is 0 Å². The Morgan fingerprint density at radius 2 is 2.00 bits per heavy atom. The van der Waals surface area contributed by atoms with Crippen molar-refractivity contribution in [1.82, 2.24) is 14.7 Å². The van der Waals surface area contributed by atoms with E-state index in [1.165, 1.54) is 4.90 Å². The maximum Gasteiger partial charge on any atom is 0.264 e. The van der Waals surface area contributed by atoms with Crippen LogP contribution in [0.2, 0.25) is 0 Å². The number of hydrogen-bond acceptors (Lipinski definition) is 4. The summed E-state index contributed by atoms with van der Waals surface area (Å²) in [6.07, 6.45) is 1.63. The molecule has 0 fully saturated rings. The van der Waals surface area contributed by atoms with Gasteiger partial charge in [0.2, 0.25) is 0 Å². The van der Waals surface area contributed by atoms with Gasteiger partial charge < -0.3 is 5.73 Å². The molecule has 1 aromatic carbocycles. The highest BCUT2D eigenvalue weighted by molar-refractivity contribution is 6.23. The number of amides is 2. The largest absolute Gasteiger partial charge is 0.398 e. The SMILES string of the molecule is Cn1nccc1CN1C(=O)c2cccc(N)c2C1=O. The van der Waals surface area contributed by atoms with Gasteiger partial charge in [-0.25, -0.2) is 0 Å². The van der Waals surface area contributed by atoms with E-state index < -0.39 is 0 Å². The number of carbonyl (C=O) groups is 2. The number of imide groups is 1. The van der Waals surface area contributed by atoms with E-state index in [2.05, 4.69) is 5.10 Å². The molecule has 0 aliphatic carbocycles. The van der Waals surface area contributed by atoms with E-state index in [4.69, 9.17) is 5.73 Å². The van der Waals surface area contributed by atoms with E-state index in [0.29, 0.717) is 16.8 Å². The molecular weight excluding hydrogens is 244 g/mol. The van der Waals surface area contributed by atoms with E-state index in [-0.39, 0.29) is 18.4 Å². The van der Waals surface area contributed by atoms with Crippen LogP contribution >= 0.6 is 0 Å². The van der Waals surface area contributed by atoms with Gasteiger partial charge >= 0.3 is 0 Å². The van der Waals surface area contributed by atoms with Crippen molar-refractivity contribution in [2.24, 2.45) is 7.05 Å². The van der Waals surface area contributed by atoms with Crippen molar-refractivity contribution >= 4 is 17.5 Å². The highest BCUT2D eigenvalue weighted by Crippen LogP contribution is 2.28. The molecule has 2 amide bonds. The molecule has 0 saturated carbocycles. The molecule has 0 unspecified atom stereocenters. The van der Waals surface area contributed by atoms with Gasteiger partial charge in [-0.3, -0.25) is 19.2 Å². The summed E-state index contributed by atoms with van der Waals surface area (Å²) in [5.41, 5.74) is 7.56. The molecule has 6 heteroatoms. The van der Waals surface area contributed by atoms with Gasteiger partial charge in [-0.2, -0.15) is 5.10 Å². The summed E-state index contributed by atoms with van der Waals surface area (Å²) in [6.45, 7) is 0.197. The standard InChI is InChI=1S/C13H12N4O2/c1-16-8(5-6-15-16)7-17-12(18)9-3-2-4-10(14)11(9)13(17)19/h2-6H,7,14H2,1H3. The summed E-state index contributed by atoms with van der Waals surface area (Å²) in [7, 11) is 1.77. The number of nitrogen functional groups attached to an aromatic ring is 1. The second-order valence-corrected chi connectivity index (χ2v) is 4.41. The molecule has 2 N–H and O–H groups in total. The normalized spacial score (nSPS) is 14.1. The van der Waals surface area contributed by atoms with E-state index in [1.54, 1.807) is 42.2 Å². The molecule has 0 bridgehead atoms. The molecule has 96 valence electrons. The number of aromatic nitrogens is 2. The summed E-state index contributed by atoms with van der Waals surface area (Å²) in [5, 5.41) is 4.02. The second-order valence-electron chi connectivity index (χ2n) is 4.41. The first kappa shape index (κ1) is 11.5. The summed E-state index contributed by atoms with van der Waals surface area (Å²) in [6, 6.07) is 6.69. The van der Waals surface area contributed by atoms with Gasteiger partial charge in [-0.15, -0.1) is 0 Å². The number of rotatable bonds is 2. The Balaban J connectivity index is 1.99. The van der Waals surface area contributed by atoms with Crippen molar-refractivity contribution in [3.63, 3.8) is 0 Å². The van der Waals surface area contributed by atoms with Crippen LogP contribution in [-0.4, -0.2) is 26.5 Å². The lowest BCUT2D eigenvalue weighted by atomic mass is 10.1. The molecule has 2 heterocycles. The Labute approximate surface area is 109 Å². The number of benzene rings is 1. The molecule has 19 heavy (non-hydrogen) atoms. The van der Waals surface area contributed by atoms with Crippen molar-refractivity contribution < 1.29 is 9.59 Å². The third-order valence-corrected chi connectivity index (χ3v) is 3.27. The highest BCUT2D eigenvalue weighted by atomic mass is 16.2. The van der Waals surface area contributed by atoms with Gasteiger partial charge in [0.05, 0.1) is 23.4 Å². The lowest BCUT2D eigenvalue weighted by molar-refractivity contribution is 0.0639. The van der Waals surface area contributed by atoms with Crippen LogP contribution in [0.15, 0.2) is 30.5 Å². The van der Waals surface area contributed by atoms with Gasteiger partial charge in [0.25, 0.3) is 11.8 Å². The first-order valence-electron chi connectivity index (χ1n) is 5.81. The summed E-state index contributed by atoms with van der Waals surface area (Å²) in [5.74, 6) is -0.659. The van der Waals surface area contributed by atoms with E-state index in [9.17, 15) is 9.59 Å². The fraction of sp³-hybridized carbons (Fsp3) is 0.154. The second kappa shape index (κ2) is 3.94. The summed E-state index contributed by atoms with van der Waals surface area (Å²) in [4.78, 5) is 25.7. The molecule has 1 aromatic heterocycles. The average Bonchev–Trinajstić information content (AvgIpc) is 2.88. The Morgan fingerprint density at radius 3 is 2.63 bits per heavy atom. The quantitative estimate of drug-likeness (QED) is 0.636. The molecule has 6 nitrogen and oxygen atoms in total. The molecule has 0 radical (unpaired) electrons. The van der Waals surface area contributed by atoms with Gasteiger partial charge in [0, 0.05) is 18.9 Å². The van der Waals surface area contributed by atoms with E-state index in [0.717, 1.165) is 5.69 Å². The number of hydrogen-bond donors (Lipinski definition) is 1. The highest BCUT2D eigenvalue weighted by Gasteiger charge is 2.37. The Hall–Kier alpha value is -2.63. The van der Waals surface area contributed by atoms with Crippen molar-refractivity contribution in [3.8, 4) is 0 Å². The Kier molecular flexibility index (Phi) is 2.38. The monoisotopic (exact) mass is 256 g/mol. The number of aryl methyl sites for hydroxylation is 1. The van der Waals surface area contributed by atoms with Gasteiger partial charge in [-0.05, 0) is 18.2 Å². The smallest absolute Gasteiger partial charge is 0.264 e. The Morgan fingerprint density at radius 1 is 1.21 bits per heavy atom. The zero-order chi connectivity index (χ0) is 13.6. The van der Waals surface area contributed by atoms with Crippen LogP contribution in [0.3, 0.4) is 0 Å². The third kappa shape index (κ3) is 1.61. The third-order valence-electron chi connectivity index (χ3n) is 3.27. The van der Waals surface area contributed by atoms with Crippen LogP contribution in [-0.2, 0) is 13.6 Å². The van der Waals surface area contributed by atoms with Gasteiger partial charge in [0.1, 0.15) is 0 Å². The van der Waals surface area contributed by atoms with Crippen LogP contribution in [0.1, 0.15) is 26.4 Å². The zero-order valence-electron chi connectivity index (χ0n) is 10.3. The van der Waals surface area contributed by atoms with Crippen LogP contribution in [0, 0.1) is 0 Å². The molecule has 0 spiro atoms. The van der Waals surface area contributed by atoms with E-state index in [1.807, 2.05) is 0 Å². The first-order chi connectivity index (χ1) is 9.09. The minimum atomic E-state index is -0.348. The van der Waals surface area contributed by atoms with Gasteiger partial charge in [0.15, 0.2) is 0 Å². The zero-order valence-corrected chi connectivity index (χ0v) is 10.3. The molecular formula is C13H12N4O2. The maximum atomic E-state index is 12.3. The molecule has 2 aromatic rings. The molecule has 3 rings (SSSR count). The molecule has 1 aliphatic rings. The lowest BCUT2D eigenvalue weighted by Gasteiger charge is -2.13. The van der Waals surface area contributed by atoms with Crippen molar-refractivity contribution in [1.29, 1.82) is 0 Å². The lowest BCUT2D eigenvalue weighted by Crippen LogP contribution is -2.30. The first-order valence-corrected chi connectivity index (χ1v) is 5.81. The van der Waals surface area contributed by atoms with Crippen LogP contribution < -0.4 is 5.73 Å². The average molecular weight is 256 g/mol. The number of fused-ring (bicyclic) bond motifs is 1. The summed E-state index contributed by atoms with van der Waals surface area (Å²) < 4.78 is 1.63. The molecule has 1 aliphatic heterocycles. The number of carbonyl (C=O) groups excluding carboxylic acids is 2. The van der Waals surface area contributed by atoms with Crippen molar-refractivity contribution in [2.75, 3.05) is 5.73 Å². The minimum absolute atomic E-state index is 0.197. The fourth-order valence-corrected chi connectivity index (χ4v) is 2.22. The summed E-state index contributed by atoms with van der Waals surface area (Å²) >= 11 is 0. The predicted octanol–water partition coefficient (Wildman–Crippen LogP) is 0.799.